The molecule has 0 saturated heterocycles. The van der Waals surface area contributed by atoms with Gasteiger partial charge in [-0.05, 0) is 33.6 Å². The molecule has 0 aromatic rings. The lowest BCUT2D eigenvalue weighted by Gasteiger charge is -2.35. The smallest absolute Gasteiger partial charge is 0.465 e. The summed E-state index contributed by atoms with van der Waals surface area (Å²) in [7, 11) is 0. The molecule has 0 aliphatic heterocycles. The number of hydrogen-bond acceptors (Lipinski definition) is 5. The fourth-order valence-corrected chi connectivity index (χ4v) is 2.26. The highest BCUT2D eigenvalue weighted by atomic mass is 16.7. The minimum Gasteiger partial charge on any atom is -0.465 e. The maximum absolute atomic E-state index is 12.3. The molecular formula is C15H28O5. The van der Waals surface area contributed by atoms with Crippen molar-refractivity contribution in [3.8, 4) is 0 Å². The molecule has 0 radical (unpaired) electrons. The summed E-state index contributed by atoms with van der Waals surface area (Å²) in [6.07, 6.45) is 1.73. The monoisotopic (exact) mass is 288 g/mol. The van der Waals surface area contributed by atoms with Crippen LogP contribution < -0.4 is 0 Å². The molecule has 0 rings (SSSR count). The Kier molecular flexibility index (Phi) is 9.01. The fraction of sp³-hybridized carbons (Fsp3) is 0.867. The first kappa shape index (κ1) is 18.7. The maximum atomic E-state index is 12.3. The van der Waals surface area contributed by atoms with Gasteiger partial charge in [-0.25, -0.2) is 4.79 Å². The summed E-state index contributed by atoms with van der Waals surface area (Å²) in [6.45, 7) is 9.75. The number of rotatable bonds is 9. The third kappa shape index (κ3) is 5.02. The van der Waals surface area contributed by atoms with Crippen molar-refractivity contribution in [1.82, 2.24) is 0 Å². The van der Waals surface area contributed by atoms with E-state index in [1.165, 1.54) is 0 Å². The van der Waals surface area contributed by atoms with Gasteiger partial charge in [0.1, 0.15) is 11.5 Å². The Balaban J connectivity index is 5.05. The predicted octanol–water partition coefficient (Wildman–Crippen LogP) is 3.70. The first-order chi connectivity index (χ1) is 9.48. The first-order valence-electron chi connectivity index (χ1n) is 7.49. The van der Waals surface area contributed by atoms with Gasteiger partial charge in [-0.3, -0.25) is 4.79 Å². The summed E-state index contributed by atoms with van der Waals surface area (Å²) in [5.74, 6) is -0.298. The van der Waals surface area contributed by atoms with E-state index >= 15 is 0 Å². The maximum Gasteiger partial charge on any atom is 0.508 e. The lowest BCUT2D eigenvalue weighted by Crippen LogP contribution is -2.44. The molecule has 2 unspecified atom stereocenters. The molecule has 0 saturated carbocycles. The van der Waals surface area contributed by atoms with E-state index in [-0.39, 0.29) is 12.6 Å². The van der Waals surface area contributed by atoms with Crippen molar-refractivity contribution in [3.63, 3.8) is 0 Å². The molecular weight excluding hydrogens is 260 g/mol. The van der Waals surface area contributed by atoms with Crippen LogP contribution in [0.2, 0.25) is 0 Å². The molecule has 0 bridgehead atoms. The van der Waals surface area contributed by atoms with Crippen LogP contribution in [-0.4, -0.2) is 31.4 Å². The minimum atomic E-state index is -0.793. The zero-order chi connectivity index (χ0) is 15.6. The molecule has 0 heterocycles. The quantitative estimate of drug-likeness (QED) is 0.605. The van der Waals surface area contributed by atoms with Crippen LogP contribution in [0.3, 0.4) is 0 Å². The highest BCUT2D eigenvalue weighted by Crippen LogP contribution is 2.36. The number of esters is 1. The summed E-state index contributed by atoms with van der Waals surface area (Å²) >= 11 is 0. The Labute approximate surface area is 122 Å². The molecule has 5 heteroatoms. The average molecular weight is 288 g/mol. The fourth-order valence-electron chi connectivity index (χ4n) is 2.26. The van der Waals surface area contributed by atoms with Crippen molar-refractivity contribution in [3.05, 3.63) is 0 Å². The molecule has 0 N–H and O–H groups in total. The Bertz CT molecular complexity index is 303. The van der Waals surface area contributed by atoms with Crippen molar-refractivity contribution in [2.75, 3.05) is 13.2 Å². The van der Waals surface area contributed by atoms with Crippen LogP contribution in [0, 0.1) is 5.41 Å². The number of unbranched alkanes of at least 4 members (excludes halogenated alkanes) is 1. The second-order valence-corrected chi connectivity index (χ2v) is 4.78. The second-order valence-electron chi connectivity index (χ2n) is 4.78. The van der Waals surface area contributed by atoms with Gasteiger partial charge in [0.15, 0.2) is 0 Å². The van der Waals surface area contributed by atoms with Gasteiger partial charge in [0, 0.05) is 0 Å². The van der Waals surface area contributed by atoms with Crippen LogP contribution in [0.1, 0.15) is 60.3 Å². The molecule has 0 aliphatic rings. The first-order valence-corrected chi connectivity index (χ1v) is 7.49. The summed E-state index contributed by atoms with van der Waals surface area (Å²) in [6, 6.07) is 0. The van der Waals surface area contributed by atoms with Crippen LogP contribution in [0.25, 0.3) is 0 Å². The van der Waals surface area contributed by atoms with Gasteiger partial charge in [-0.1, -0.05) is 26.7 Å². The lowest BCUT2D eigenvalue weighted by molar-refractivity contribution is -0.164. The number of carbonyl (C=O) groups excluding carboxylic acids is 2. The number of hydrogen-bond donors (Lipinski definition) is 0. The van der Waals surface area contributed by atoms with E-state index in [9.17, 15) is 9.59 Å². The van der Waals surface area contributed by atoms with Crippen molar-refractivity contribution < 1.29 is 23.8 Å². The van der Waals surface area contributed by atoms with Crippen LogP contribution in [-0.2, 0) is 19.0 Å². The van der Waals surface area contributed by atoms with Crippen molar-refractivity contribution >= 4 is 12.1 Å². The van der Waals surface area contributed by atoms with Gasteiger partial charge < -0.3 is 14.2 Å². The van der Waals surface area contributed by atoms with Crippen molar-refractivity contribution in [2.45, 2.75) is 66.4 Å². The van der Waals surface area contributed by atoms with Gasteiger partial charge in [0.05, 0.1) is 13.2 Å². The van der Waals surface area contributed by atoms with Crippen LogP contribution in [0.5, 0.6) is 0 Å². The summed E-state index contributed by atoms with van der Waals surface area (Å²) in [4.78, 5) is 23.8. The van der Waals surface area contributed by atoms with Gasteiger partial charge in [-0.15, -0.1) is 0 Å². The van der Waals surface area contributed by atoms with Gasteiger partial charge >= 0.3 is 12.1 Å². The standard InChI is InChI=1S/C15H28O5/c1-6-10-11-15(7-2,13(16)18-8-3)12(5)20-14(17)19-9-4/h12H,6-11H2,1-5H3. The average Bonchev–Trinajstić information content (AvgIpc) is 2.40. The van der Waals surface area contributed by atoms with E-state index in [0.29, 0.717) is 19.4 Å². The topological polar surface area (TPSA) is 61.8 Å². The summed E-state index contributed by atoms with van der Waals surface area (Å²) < 4.78 is 15.2. The highest BCUT2D eigenvalue weighted by Gasteiger charge is 2.45. The molecule has 0 aromatic carbocycles. The van der Waals surface area contributed by atoms with E-state index in [2.05, 4.69) is 6.92 Å². The number of carbonyl (C=O) groups is 2. The number of ether oxygens (including phenoxy) is 3. The normalized spacial score (nSPS) is 15.1. The molecule has 0 fully saturated rings. The van der Waals surface area contributed by atoms with Gasteiger partial charge in [0.25, 0.3) is 0 Å². The molecule has 2 atom stereocenters. The van der Waals surface area contributed by atoms with Crippen LogP contribution >= 0.6 is 0 Å². The Morgan fingerprint density at radius 2 is 1.65 bits per heavy atom. The Morgan fingerprint density at radius 3 is 2.10 bits per heavy atom. The van der Waals surface area contributed by atoms with E-state index in [0.717, 1.165) is 12.8 Å². The van der Waals surface area contributed by atoms with Crippen molar-refractivity contribution in [2.24, 2.45) is 5.41 Å². The van der Waals surface area contributed by atoms with Crippen molar-refractivity contribution in [1.29, 1.82) is 0 Å². The SMILES string of the molecule is CCCCC(CC)(C(=O)OCC)C(C)OC(=O)OCC. The second kappa shape index (κ2) is 9.61. The molecule has 0 amide bonds. The molecule has 0 spiro atoms. The zero-order valence-electron chi connectivity index (χ0n) is 13.4. The lowest BCUT2D eigenvalue weighted by atomic mass is 9.75. The summed E-state index contributed by atoms with van der Waals surface area (Å²) in [5, 5.41) is 0. The minimum absolute atomic E-state index is 0.249. The van der Waals surface area contributed by atoms with E-state index in [1.807, 2.05) is 6.92 Å². The van der Waals surface area contributed by atoms with E-state index < -0.39 is 17.7 Å². The summed E-state index contributed by atoms with van der Waals surface area (Å²) in [5.41, 5.74) is -0.793. The zero-order valence-corrected chi connectivity index (χ0v) is 13.4. The largest absolute Gasteiger partial charge is 0.508 e. The van der Waals surface area contributed by atoms with Gasteiger partial charge in [-0.2, -0.15) is 0 Å². The molecule has 5 nitrogen and oxygen atoms in total. The molecule has 0 aromatic heterocycles. The predicted molar refractivity (Wildman–Crippen MR) is 76.5 cm³/mol. The third-order valence-corrected chi connectivity index (χ3v) is 3.60. The molecule has 0 aliphatic carbocycles. The van der Waals surface area contributed by atoms with Crippen LogP contribution in [0.4, 0.5) is 4.79 Å². The van der Waals surface area contributed by atoms with Crippen LogP contribution in [0.15, 0.2) is 0 Å². The Hall–Kier alpha value is -1.26. The molecule has 20 heavy (non-hydrogen) atoms. The highest BCUT2D eigenvalue weighted by molar-refractivity contribution is 5.78. The molecule has 118 valence electrons. The van der Waals surface area contributed by atoms with Gasteiger partial charge in [0.2, 0.25) is 0 Å². The Morgan fingerprint density at radius 1 is 1.05 bits per heavy atom. The third-order valence-electron chi connectivity index (χ3n) is 3.60. The van der Waals surface area contributed by atoms with E-state index in [4.69, 9.17) is 14.2 Å². The van der Waals surface area contributed by atoms with E-state index in [1.54, 1.807) is 20.8 Å².